The maximum Gasteiger partial charge on any atom is 0.122 e. The van der Waals surface area contributed by atoms with Crippen molar-refractivity contribution in [3.63, 3.8) is 0 Å². The zero-order valence-corrected chi connectivity index (χ0v) is 9.28. The zero-order chi connectivity index (χ0) is 10.7. The van der Waals surface area contributed by atoms with Crippen LogP contribution in [-0.2, 0) is 0 Å². The van der Waals surface area contributed by atoms with E-state index in [2.05, 4.69) is 25.1 Å². The molecule has 0 saturated heterocycles. The molecule has 1 aliphatic rings. The fourth-order valence-electron chi connectivity index (χ4n) is 2.31. The summed E-state index contributed by atoms with van der Waals surface area (Å²) in [6.07, 6.45) is 2.30. The number of rotatable bonds is 4. The van der Waals surface area contributed by atoms with Gasteiger partial charge in [0, 0.05) is 11.5 Å². The molecular weight excluding hydrogens is 186 g/mol. The molecule has 2 N–H and O–H groups in total. The molecule has 0 saturated carbocycles. The van der Waals surface area contributed by atoms with Gasteiger partial charge in [-0.1, -0.05) is 25.1 Å². The van der Waals surface area contributed by atoms with Crippen LogP contribution in [0.3, 0.4) is 0 Å². The molecule has 2 heteroatoms. The van der Waals surface area contributed by atoms with E-state index >= 15 is 0 Å². The Labute approximate surface area is 91.4 Å². The molecule has 2 nitrogen and oxygen atoms in total. The van der Waals surface area contributed by atoms with Gasteiger partial charge in [0.05, 0.1) is 6.61 Å². The van der Waals surface area contributed by atoms with Crippen LogP contribution in [0.2, 0.25) is 0 Å². The van der Waals surface area contributed by atoms with Crippen molar-refractivity contribution < 1.29 is 4.74 Å². The summed E-state index contributed by atoms with van der Waals surface area (Å²) in [6.45, 7) is 3.90. The van der Waals surface area contributed by atoms with Gasteiger partial charge < -0.3 is 10.5 Å². The number of fused-ring (bicyclic) bond motifs is 1. The lowest BCUT2D eigenvalue weighted by atomic mass is 9.89. The van der Waals surface area contributed by atoms with Gasteiger partial charge in [-0.3, -0.25) is 0 Å². The number of hydrogen-bond donors (Lipinski definition) is 1. The maximum atomic E-state index is 5.66. The molecule has 0 fully saturated rings. The Morgan fingerprint density at radius 3 is 3.07 bits per heavy atom. The molecule has 0 aliphatic carbocycles. The van der Waals surface area contributed by atoms with E-state index in [4.69, 9.17) is 10.5 Å². The van der Waals surface area contributed by atoms with Crippen LogP contribution in [-0.4, -0.2) is 13.2 Å². The second kappa shape index (κ2) is 4.67. The van der Waals surface area contributed by atoms with Crippen molar-refractivity contribution in [1.82, 2.24) is 0 Å². The molecule has 1 heterocycles. The molecule has 0 spiro atoms. The van der Waals surface area contributed by atoms with Crippen molar-refractivity contribution in [2.45, 2.75) is 25.7 Å². The van der Waals surface area contributed by atoms with Crippen molar-refractivity contribution in [1.29, 1.82) is 0 Å². The van der Waals surface area contributed by atoms with Gasteiger partial charge in [0.2, 0.25) is 0 Å². The first-order chi connectivity index (χ1) is 7.31. The largest absolute Gasteiger partial charge is 0.493 e. The lowest BCUT2D eigenvalue weighted by Crippen LogP contribution is -2.10. The third kappa shape index (κ3) is 2.32. The molecule has 0 amide bonds. The van der Waals surface area contributed by atoms with E-state index in [1.54, 1.807) is 0 Å². The molecule has 1 aliphatic heterocycles. The molecule has 2 atom stereocenters. The van der Waals surface area contributed by atoms with E-state index in [9.17, 15) is 0 Å². The second-order valence-corrected chi connectivity index (χ2v) is 4.46. The van der Waals surface area contributed by atoms with Crippen LogP contribution in [0.5, 0.6) is 5.75 Å². The molecule has 2 unspecified atom stereocenters. The molecule has 0 bridgehead atoms. The fourth-order valence-corrected chi connectivity index (χ4v) is 2.31. The summed E-state index contributed by atoms with van der Waals surface area (Å²) in [4.78, 5) is 0. The van der Waals surface area contributed by atoms with Crippen LogP contribution in [0, 0.1) is 5.92 Å². The molecule has 1 aromatic rings. The average molecular weight is 205 g/mol. The summed E-state index contributed by atoms with van der Waals surface area (Å²) >= 11 is 0. The van der Waals surface area contributed by atoms with Crippen LogP contribution < -0.4 is 10.5 Å². The molecule has 2 rings (SSSR count). The predicted octanol–water partition coefficient (Wildman–Crippen LogP) is 2.54. The van der Waals surface area contributed by atoms with Crippen molar-refractivity contribution in [3.05, 3.63) is 29.8 Å². The Balaban J connectivity index is 2.01. The summed E-state index contributed by atoms with van der Waals surface area (Å²) in [7, 11) is 0. The van der Waals surface area contributed by atoms with Crippen LogP contribution in [0.15, 0.2) is 24.3 Å². The van der Waals surface area contributed by atoms with E-state index in [1.165, 1.54) is 12.0 Å². The first-order valence-corrected chi connectivity index (χ1v) is 5.73. The van der Waals surface area contributed by atoms with Crippen molar-refractivity contribution in [3.8, 4) is 5.75 Å². The topological polar surface area (TPSA) is 35.2 Å². The quantitative estimate of drug-likeness (QED) is 0.819. The van der Waals surface area contributed by atoms with Gasteiger partial charge in [-0.15, -0.1) is 0 Å². The van der Waals surface area contributed by atoms with Gasteiger partial charge in [-0.2, -0.15) is 0 Å². The van der Waals surface area contributed by atoms with Crippen LogP contribution in [0.1, 0.15) is 31.2 Å². The van der Waals surface area contributed by atoms with Crippen molar-refractivity contribution >= 4 is 0 Å². The monoisotopic (exact) mass is 205 g/mol. The van der Waals surface area contributed by atoms with Crippen molar-refractivity contribution in [2.75, 3.05) is 13.2 Å². The van der Waals surface area contributed by atoms with Crippen LogP contribution in [0.25, 0.3) is 0 Å². The Hall–Kier alpha value is -1.02. The minimum absolute atomic E-state index is 0.572. The second-order valence-electron chi connectivity index (χ2n) is 4.46. The van der Waals surface area contributed by atoms with Gasteiger partial charge >= 0.3 is 0 Å². The highest BCUT2D eigenvalue weighted by molar-refractivity contribution is 5.39. The molecular formula is C13H19NO. The fraction of sp³-hybridized carbons (Fsp3) is 0.538. The molecule has 0 aromatic heterocycles. The summed E-state index contributed by atoms with van der Waals surface area (Å²) in [5.74, 6) is 2.33. The van der Waals surface area contributed by atoms with E-state index in [0.29, 0.717) is 11.8 Å². The number of ether oxygens (including phenoxy) is 1. The smallest absolute Gasteiger partial charge is 0.122 e. The number of nitrogens with two attached hydrogens (primary N) is 1. The van der Waals surface area contributed by atoms with E-state index in [1.807, 2.05) is 6.07 Å². The summed E-state index contributed by atoms with van der Waals surface area (Å²) in [6, 6.07) is 8.36. The average Bonchev–Trinajstić information content (AvgIpc) is 2.62. The predicted molar refractivity (Wildman–Crippen MR) is 62.1 cm³/mol. The summed E-state index contributed by atoms with van der Waals surface area (Å²) in [5.41, 5.74) is 6.94. The van der Waals surface area contributed by atoms with E-state index < -0.39 is 0 Å². The minimum atomic E-state index is 0.572. The van der Waals surface area contributed by atoms with E-state index in [0.717, 1.165) is 25.3 Å². The summed E-state index contributed by atoms with van der Waals surface area (Å²) in [5, 5.41) is 0. The molecule has 15 heavy (non-hydrogen) atoms. The van der Waals surface area contributed by atoms with Gasteiger partial charge in [0.15, 0.2) is 0 Å². The Bertz CT molecular complexity index is 324. The third-order valence-corrected chi connectivity index (χ3v) is 3.15. The number of para-hydroxylation sites is 1. The highest BCUT2D eigenvalue weighted by Gasteiger charge is 2.24. The SMILES string of the molecule is CC(CCN)CC1COc2ccccc21. The maximum absolute atomic E-state index is 5.66. The number of hydrogen-bond acceptors (Lipinski definition) is 2. The highest BCUT2D eigenvalue weighted by Crippen LogP contribution is 2.37. The van der Waals surface area contributed by atoms with E-state index in [-0.39, 0.29) is 0 Å². The first-order valence-electron chi connectivity index (χ1n) is 5.73. The molecule has 1 aromatic carbocycles. The number of benzene rings is 1. The Morgan fingerprint density at radius 1 is 1.47 bits per heavy atom. The Kier molecular flexibility index (Phi) is 3.27. The third-order valence-electron chi connectivity index (χ3n) is 3.15. The summed E-state index contributed by atoms with van der Waals surface area (Å²) < 4.78 is 5.66. The molecule has 82 valence electrons. The lowest BCUT2D eigenvalue weighted by Gasteiger charge is -2.14. The molecule has 0 radical (unpaired) electrons. The van der Waals surface area contributed by atoms with Gasteiger partial charge in [0.1, 0.15) is 5.75 Å². The minimum Gasteiger partial charge on any atom is -0.493 e. The standard InChI is InChI=1S/C13H19NO/c1-10(6-7-14)8-11-9-15-13-5-3-2-4-12(11)13/h2-5,10-11H,6-9,14H2,1H3. The van der Waals surface area contributed by atoms with Crippen LogP contribution >= 0.6 is 0 Å². The van der Waals surface area contributed by atoms with Crippen LogP contribution in [0.4, 0.5) is 0 Å². The van der Waals surface area contributed by atoms with Crippen molar-refractivity contribution in [2.24, 2.45) is 11.7 Å². The van der Waals surface area contributed by atoms with Gasteiger partial charge in [0.25, 0.3) is 0 Å². The normalized spacial score (nSPS) is 20.8. The van der Waals surface area contributed by atoms with Gasteiger partial charge in [-0.05, 0) is 31.4 Å². The highest BCUT2D eigenvalue weighted by atomic mass is 16.5. The lowest BCUT2D eigenvalue weighted by molar-refractivity contribution is 0.307. The first kappa shape index (κ1) is 10.5. The Morgan fingerprint density at radius 2 is 2.27 bits per heavy atom. The van der Waals surface area contributed by atoms with Gasteiger partial charge in [-0.25, -0.2) is 0 Å². The zero-order valence-electron chi connectivity index (χ0n) is 9.28.